The van der Waals surface area contributed by atoms with Gasteiger partial charge in [0.15, 0.2) is 0 Å². The molecule has 0 aliphatic heterocycles. The van der Waals surface area contributed by atoms with Gasteiger partial charge in [-0.1, -0.05) is 42.5 Å². The molecule has 31 heavy (non-hydrogen) atoms. The number of carbonyl (C=O) groups is 1. The minimum atomic E-state index is -0.566. The number of nitrogens with one attached hydrogen (secondary N) is 2. The van der Waals surface area contributed by atoms with Crippen molar-refractivity contribution in [1.82, 2.24) is 19.5 Å². The highest BCUT2D eigenvalue weighted by atomic mass is 32.1. The SMILES string of the molecule is O=C(OCc1ccccc1)c1cc2c(=O)n(Cc3nc4ccccc4[nH]3)c(=O)[nH]c2s1. The molecule has 0 aliphatic carbocycles. The van der Waals surface area contributed by atoms with Crippen LogP contribution in [0.3, 0.4) is 0 Å². The van der Waals surface area contributed by atoms with Crippen LogP contribution in [-0.4, -0.2) is 25.5 Å². The van der Waals surface area contributed by atoms with Gasteiger partial charge in [0.25, 0.3) is 5.56 Å². The van der Waals surface area contributed by atoms with Crippen LogP contribution in [0.15, 0.2) is 70.3 Å². The fraction of sp³-hybridized carbons (Fsp3) is 0.0909. The first-order valence-electron chi connectivity index (χ1n) is 9.50. The molecule has 0 saturated heterocycles. The van der Waals surface area contributed by atoms with Crippen LogP contribution in [0.1, 0.15) is 21.1 Å². The van der Waals surface area contributed by atoms with Crippen LogP contribution in [0.2, 0.25) is 0 Å². The third-order valence-corrected chi connectivity index (χ3v) is 5.86. The highest BCUT2D eigenvalue weighted by Crippen LogP contribution is 2.21. The number of benzene rings is 2. The first-order chi connectivity index (χ1) is 15.1. The molecule has 5 rings (SSSR count). The Morgan fingerprint density at radius 1 is 1.03 bits per heavy atom. The normalized spacial score (nSPS) is 11.2. The predicted octanol–water partition coefficient (Wildman–Crippen LogP) is 3.03. The molecular formula is C22H16N4O4S. The highest BCUT2D eigenvalue weighted by Gasteiger charge is 2.17. The molecule has 0 saturated carbocycles. The van der Waals surface area contributed by atoms with E-state index in [2.05, 4.69) is 15.0 Å². The third-order valence-electron chi connectivity index (χ3n) is 4.83. The van der Waals surface area contributed by atoms with Gasteiger partial charge >= 0.3 is 11.7 Å². The largest absolute Gasteiger partial charge is 0.457 e. The number of hydrogen-bond acceptors (Lipinski definition) is 6. The highest BCUT2D eigenvalue weighted by molar-refractivity contribution is 7.20. The van der Waals surface area contributed by atoms with Crippen LogP contribution in [0.25, 0.3) is 21.3 Å². The van der Waals surface area contributed by atoms with Gasteiger partial charge in [-0.15, -0.1) is 11.3 Å². The Bertz CT molecular complexity index is 1500. The summed E-state index contributed by atoms with van der Waals surface area (Å²) in [4.78, 5) is 48.7. The number of imidazole rings is 1. The molecule has 0 fully saturated rings. The van der Waals surface area contributed by atoms with Gasteiger partial charge in [0, 0.05) is 0 Å². The zero-order valence-electron chi connectivity index (χ0n) is 16.1. The van der Waals surface area contributed by atoms with Crippen molar-refractivity contribution in [1.29, 1.82) is 0 Å². The van der Waals surface area contributed by atoms with Crippen molar-refractivity contribution >= 4 is 38.6 Å². The number of esters is 1. The molecule has 154 valence electrons. The molecule has 8 nitrogen and oxygen atoms in total. The van der Waals surface area contributed by atoms with Crippen LogP contribution in [0, 0.1) is 0 Å². The molecule has 0 atom stereocenters. The maximum Gasteiger partial charge on any atom is 0.348 e. The van der Waals surface area contributed by atoms with Crippen LogP contribution >= 0.6 is 11.3 Å². The maximum atomic E-state index is 12.9. The Hall–Kier alpha value is -3.98. The zero-order valence-corrected chi connectivity index (χ0v) is 16.9. The topological polar surface area (TPSA) is 110 Å². The summed E-state index contributed by atoms with van der Waals surface area (Å²) in [6.07, 6.45) is 0. The predicted molar refractivity (Wildman–Crippen MR) is 117 cm³/mol. The summed E-state index contributed by atoms with van der Waals surface area (Å²) in [5, 5.41) is 0.257. The van der Waals surface area contributed by atoms with E-state index in [9.17, 15) is 14.4 Å². The van der Waals surface area contributed by atoms with Crippen LogP contribution < -0.4 is 11.2 Å². The number of aromatic amines is 2. The average Bonchev–Trinajstić information content (AvgIpc) is 3.39. The zero-order chi connectivity index (χ0) is 21.4. The monoisotopic (exact) mass is 432 g/mol. The first kappa shape index (κ1) is 19.0. The van der Waals surface area contributed by atoms with E-state index in [0.29, 0.717) is 10.7 Å². The van der Waals surface area contributed by atoms with E-state index in [1.54, 1.807) is 0 Å². The summed E-state index contributed by atoms with van der Waals surface area (Å²) < 4.78 is 6.39. The standard InChI is InChI=1S/C22H16N4O4S/c27-20-14-10-17(21(28)30-12-13-6-2-1-3-7-13)31-19(14)25-22(29)26(20)11-18-23-15-8-4-5-9-16(15)24-18/h1-10H,11-12H2,(H,23,24)(H,25,29). The Labute approximate surface area is 178 Å². The number of ether oxygens (including phenoxy) is 1. The van der Waals surface area contributed by atoms with Crippen molar-refractivity contribution in [3.05, 3.63) is 97.8 Å². The van der Waals surface area contributed by atoms with E-state index in [4.69, 9.17) is 4.74 Å². The average molecular weight is 432 g/mol. The molecule has 5 aromatic rings. The smallest absolute Gasteiger partial charge is 0.348 e. The van der Waals surface area contributed by atoms with Gasteiger partial charge in [0.1, 0.15) is 22.1 Å². The van der Waals surface area contributed by atoms with Crippen molar-refractivity contribution in [2.75, 3.05) is 0 Å². The molecule has 2 aromatic carbocycles. The van der Waals surface area contributed by atoms with Crippen molar-refractivity contribution < 1.29 is 9.53 Å². The molecule has 0 bridgehead atoms. The fourth-order valence-corrected chi connectivity index (χ4v) is 4.25. The lowest BCUT2D eigenvalue weighted by molar-refractivity contribution is 0.0478. The van der Waals surface area contributed by atoms with E-state index in [1.165, 1.54) is 6.07 Å². The Morgan fingerprint density at radius 3 is 2.61 bits per heavy atom. The number of aromatic nitrogens is 4. The van der Waals surface area contributed by atoms with Gasteiger partial charge < -0.3 is 9.72 Å². The minimum Gasteiger partial charge on any atom is -0.457 e. The summed E-state index contributed by atoms with van der Waals surface area (Å²) in [5.41, 5.74) is 1.38. The Morgan fingerprint density at radius 2 is 1.81 bits per heavy atom. The number of thiophene rings is 1. The van der Waals surface area contributed by atoms with Gasteiger partial charge in [-0.25, -0.2) is 14.6 Å². The van der Waals surface area contributed by atoms with Crippen LogP contribution in [0.4, 0.5) is 0 Å². The van der Waals surface area contributed by atoms with E-state index < -0.39 is 17.2 Å². The molecular weight excluding hydrogens is 416 g/mol. The van der Waals surface area contributed by atoms with Gasteiger partial charge in [-0.3, -0.25) is 14.3 Å². The second-order valence-corrected chi connectivity index (χ2v) is 7.99. The Kier molecular flexibility index (Phi) is 4.72. The van der Waals surface area contributed by atoms with Crippen LogP contribution in [0.5, 0.6) is 0 Å². The Balaban J connectivity index is 1.44. The minimum absolute atomic E-state index is 0.0115. The van der Waals surface area contributed by atoms with Crippen LogP contribution in [-0.2, 0) is 17.9 Å². The third kappa shape index (κ3) is 3.66. The van der Waals surface area contributed by atoms with Gasteiger partial charge in [-0.05, 0) is 23.8 Å². The summed E-state index contributed by atoms with van der Waals surface area (Å²) >= 11 is 1.02. The van der Waals surface area contributed by atoms with Gasteiger partial charge in [0.05, 0.1) is 23.0 Å². The van der Waals surface area contributed by atoms with Crippen molar-refractivity contribution in [2.24, 2.45) is 0 Å². The van der Waals surface area contributed by atoms with E-state index in [-0.39, 0.29) is 23.4 Å². The molecule has 9 heteroatoms. The molecule has 0 radical (unpaired) electrons. The van der Waals surface area contributed by atoms with Gasteiger partial charge in [-0.2, -0.15) is 0 Å². The quantitative estimate of drug-likeness (QED) is 0.415. The van der Waals surface area contributed by atoms with E-state index in [0.717, 1.165) is 32.5 Å². The lowest BCUT2D eigenvalue weighted by atomic mass is 10.2. The van der Waals surface area contributed by atoms with E-state index >= 15 is 0 Å². The first-order valence-corrected chi connectivity index (χ1v) is 10.3. The number of hydrogen-bond donors (Lipinski definition) is 2. The van der Waals surface area contributed by atoms with Crippen molar-refractivity contribution in [3.63, 3.8) is 0 Å². The van der Waals surface area contributed by atoms with Crippen molar-refractivity contribution in [2.45, 2.75) is 13.2 Å². The lowest BCUT2D eigenvalue weighted by Crippen LogP contribution is -2.35. The summed E-state index contributed by atoms with van der Waals surface area (Å²) in [5.74, 6) is -0.0555. The molecule has 0 aliphatic rings. The molecule has 0 spiro atoms. The number of H-pyrrole nitrogens is 2. The molecule has 0 amide bonds. The summed E-state index contributed by atoms with van der Waals surface area (Å²) in [6, 6.07) is 18.2. The molecule has 0 unspecified atom stereocenters. The second-order valence-electron chi connectivity index (χ2n) is 6.94. The van der Waals surface area contributed by atoms with E-state index in [1.807, 2.05) is 54.6 Å². The van der Waals surface area contributed by atoms with Gasteiger partial charge in [0.2, 0.25) is 0 Å². The maximum absolute atomic E-state index is 12.9. The molecule has 2 N–H and O–H groups in total. The lowest BCUT2D eigenvalue weighted by Gasteiger charge is -2.02. The number of para-hydroxylation sites is 2. The summed E-state index contributed by atoms with van der Waals surface area (Å²) in [7, 11) is 0. The summed E-state index contributed by atoms with van der Waals surface area (Å²) in [6.45, 7) is 0.114. The number of rotatable bonds is 5. The van der Waals surface area contributed by atoms with Crippen molar-refractivity contribution in [3.8, 4) is 0 Å². The number of fused-ring (bicyclic) bond motifs is 2. The number of nitrogens with zero attached hydrogens (tertiary/aromatic N) is 2. The molecule has 3 aromatic heterocycles. The number of carbonyl (C=O) groups excluding carboxylic acids is 1. The second kappa shape index (κ2) is 7.69. The fourth-order valence-electron chi connectivity index (χ4n) is 3.31. The molecule has 3 heterocycles.